The summed E-state index contributed by atoms with van der Waals surface area (Å²) in [4.78, 5) is 38.1. The van der Waals surface area contributed by atoms with E-state index in [1.54, 1.807) is 0 Å². The van der Waals surface area contributed by atoms with Gasteiger partial charge >= 0.3 is 17.9 Å². The largest absolute Gasteiger partial charge is 0.462 e. The average Bonchev–Trinajstić information content (AvgIpc) is 3.28. The lowest BCUT2D eigenvalue weighted by atomic mass is 10.0. The van der Waals surface area contributed by atoms with Crippen LogP contribution in [0.15, 0.2) is 24.3 Å². The van der Waals surface area contributed by atoms with Crippen LogP contribution < -0.4 is 0 Å². The van der Waals surface area contributed by atoms with E-state index < -0.39 is 6.10 Å². The summed E-state index contributed by atoms with van der Waals surface area (Å²) in [5, 5.41) is 0. The second-order valence-corrected chi connectivity index (χ2v) is 18.9. The van der Waals surface area contributed by atoms with E-state index in [4.69, 9.17) is 14.2 Å². The van der Waals surface area contributed by atoms with Crippen LogP contribution in [0, 0.1) is 0 Å². The molecule has 0 aromatic heterocycles. The standard InChI is InChI=1S/C57H106O6/c1-4-7-10-13-16-19-22-25-27-28-30-33-35-38-41-44-47-50-56(59)62-53-54(63-57(60)51-48-45-42-39-36-31-24-21-18-15-12-9-6-3)52-61-55(58)49-46-43-40-37-34-32-29-26-23-20-17-14-11-8-5-2/h16,19,25,27,54H,4-15,17-18,20-24,26,28-53H2,1-3H3/b19-16-,27-25-/t54-/m0/s1. The van der Waals surface area contributed by atoms with Crippen molar-refractivity contribution in [2.24, 2.45) is 0 Å². The molecular formula is C57H106O6. The molecule has 0 bridgehead atoms. The number of allylic oxidation sites excluding steroid dienone is 4. The molecule has 0 aliphatic rings. The SMILES string of the molecule is CCCCC/C=C\C/C=C\CCCCCCCCCC(=O)OC[C@H](COC(=O)CCCCCCCCCCCCCCCCC)OC(=O)CCCCCCCCCCCCCCC. The molecular weight excluding hydrogens is 781 g/mol. The van der Waals surface area contributed by atoms with Crippen LogP contribution in [0.5, 0.6) is 0 Å². The zero-order valence-electron chi connectivity index (χ0n) is 42.4. The monoisotopic (exact) mass is 887 g/mol. The van der Waals surface area contributed by atoms with E-state index in [1.807, 2.05) is 0 Å². The minimum Gasteiger partial charge on any atom is -0.462 e. The number of rotatable bonds is 51. The predicted molar refractivity (Wildman–Crippen MR) is 270 cm³/mol. The molecule has 0 spiro atoms. The maximum absolute atomic E-state index is 12.8. The fraction of sp³-hybridized carbons (Fsp3) is 0.877. The fourth-order valence-electron chi connectivity index (χ4n) is 8.24. The topological polar surface area (TPSA) is 78.9 Å². The van der Waals surface area contributed by atoms with Crippen LogP contribution in [0.3, 0.4) is 0 Å². The van der Waals surface area contributed by atoms with Crippen LogP contribution >= 0.6 is 0 Å². The van der Waals surface area contributed by atoms with Gasteiger partial charge in [0.05, 0.1) is 0 Å². The van der Waals surface area contributed by atoms with Gasteiger partial charge in [-0.1, -0.05) is 257 Å². The van der Waals surface area contributed by atoms with Crippen LogP contribution in [0.2, 0.25) is 0 Å². The second kappa shape index (κ2) is 52.5. The Kier molecular flexibility index (Phi) is 50.8. The average molecular weight is 887 g/mol. The molecule has 6 nitrogen and oxygen atoms in total. The summed E-state index contributed by atoms with van der Waals surface area (Å²) < 4.78 is 16.9. The normalized spacial score (nSPS) is 12.1. The van der Waals surface area contributed by atoms with Gasteiger partial charge in [0, 0.05) is 19.3 Å². The van der Waals surface area contributed by atoms with E-state index in [9.17, 15) is 14.4 Å². The van der Waals surface area contributed by atoms with Gasteiger partial charge in [0.1, 0.15) is 13.2 Å². The van der Waals surface area contributed by atoms with E-state index in [-0.39, 0.29) is 31.1 Å². The van der Waals surface area contributed by atoms with Crippen molar-refractivity contribution < 1.29 is 28.6 Å². The molecule has 0 N–H and O–H groups in total. The van der Waals surface area contributed by atoms with Gasteiger partial charge in [-0.15, -0.1) is 0 Å². The Balaban J connectivity index is 4.33. The summed E-state index contributed by atoms with van der Waals surface area (Å²) in [5.74, 6) is -0.857. The Hall–Kier alpha value is -2.11. The number of carbonyl (C=O) groups excluding carboxylic acids is 3. The zero-order valence-corrected chi connectivity index (χ0v) is 42.4. The molecule has 0 fully saturated rings. The molecule has 0 radical (unpaired) electrons. The highest BCUT2D eigenvalue weighted by atomic mass is 16.6. The summed E-state index contributed by atoms with van der Waals surface area (Å²) in [6.07, 6.45) is 60.1. The van der Waals surface area contributed by atoms with Gasteiger partial charge in [-0.25, -0.2) is 0 Å². The van der Waals surface area contributed by atoms with Crippen molar-refractivity contribution in [1.29, 1.82) is 0 Å². The molecule has 0 aliphatic carbocycles. The van der Waals surface area contributed by atoms with Crippen LogP contribution in [-0.4, -0.2) is 37.2 Å². The highest BCUT2D eigenvalue weighted by Crippen LogP contribution is 2.16. The molecule has 1 atom stereocenters. The van der Waals surface area contributed by atoms with Crippen LogP contribution in [-0.2, 0) is 28.6 Å². The van der Waals surface area contributed by atoms with Gasteiger partial charge in [0.2, 0.25) is 0 Å². The Morgan fingerprint density at radius 1 is 0.317 bits per heavy atom. The van der Waals surface area contributed by atoms with Crippen molar-refractivity contribution in [2.75, 3.05) is 13.2 Å². The first-order chi connectivity index (χ1) is 31.0. The van der Waals surface area contributed by atoms with E-state index in [0.717, 1.165) is 70.6 Å². The number of ether oxygens (including phenoxy) is 3. The minimum atomic E-state index is -0.768. The van der Waals surface area contributed by atoms with E-state index >= 15 is 0 Å². The quantitative estimate of drug-likeness (QED) is 0.0262. The van der Waals surface area contributed by atoms with Gasteiger partial charge in [-0.3, -0.25) is 14.4 Å². The zero-order chi connectivity index (χ0) is 45.8. The molecule has 6 heteroatoms. The molecule has 0 unspecified atom stereocenters. The lowest BCUT2D eigenvalue weighted by Gasteiger charge is -2.18. The summed E-state index contributed by atoms with van der Waals surface area (Å²) in [6.45, 7) is 6.65. The molecule has 370 valence electrons. The first kappa shape index (κ1) is 60.9. The Bertz CT molecular complexity index is 1020. The second-order valence-electron chi connectivity index (χ2n) is 18.9. The Morgan fingerprint density at radius 3 is 0.905 bits per heavy atom. The molecule has 0 saturated carbocycles. The number of hydrogen-bond acceptors (Lipinski definition) is 6. The van der Waals surface area contributed by atoms with Crippen molar-refractivity contribution in [3.8, 4) is 0 Å². The first-order valence-corrected chi connectivity index (χ1v) is 27.8. The third kappa shape index (κ3) is 50.7. The van der Waals surface area contributed by atoms with Crippen molar-refractivity contribution in [3.05, 3.63) is 24.3 Å². The maximum atomic E-state index is 12.8. The molecule has 0 rings (SSSR count). The Morgan fingerprint density at radius 2 is 0.571 bits per heavy atom. The molecule has 0 aliphatic heterocycles. The van der Waals surface area contributed by atoms with Crippen molar-refractivity contribution in [3.63, 3.8) is 0 Å². The first-order valence-electron chi connectivity index (χ1n) is 27.8. The highest BCUT2D eigenvalue weighted by molar-refractivity contribution is 5.71. The predicted octanol–water partition coefficient (Wildman–Crippen LogP) is 18.3. The molecule has 63 heavy (non-hydrogen) atoms. The lowest BCUT2D eigenvalue weighted by molar-refractivity contribution is -0.167. The van der Waals surface area contributed by atoms with Gasteiger partial charge in [-0.2, -0.15) is 0 Å². The van der Waals surface area contributed by atoms with Crippen LogP contribution in [0.4, 0.5) is 0 Å². The maximum Gasteiger partial charge on any atom is 0.306 e. The van der Waals surface area contributed by atoms with E-state index in [2.05, 4.69) is 45.1 Å². The van der Waals surface area contributed by atoms with Crippen molar-refractivity contribution in [1.82, 2.24) is 0 Å². The molecule has 0 aromatic carbocycles. The molecule has 0 saturated heterocycles. The van der Waals surface area contributed by atoms with Gasteiger partial charge < -0.3 is 14.2 Å². The minimum absolute atomic E-state index is 0.0683. The number of hydrogen-bond donors (Lipinski definition) is 0. The molecule has 0 amide bonds. The van der Waals surface area contributed by atoms with Gasteiger partial charge in [0.15, 0.2) is 6.10 Å². The Labute approximate surface area is 392 Å². The summed E-state index contributed by atoms with van der Waals surface area (Å²) >= 11 is 0. The number of esters is 3. The number of carbonyl (C=O) groups is 3. The van der Waals surface area contributed by atoms with Crippen LogP contribution in [0.1, 0.15) is 303 Å². The van der Waals surface area contributed by atoms with Crippen molar-refractivity contribution in [2.45, 2.75) is 309 Å². The smallest absolute Gasteiger partial charge is 0.306 e. The van der Waals surface area contributed by atoms with Gasteiger partial charge in [0.25, 0.3) is 0 Å². The number of unbranched alkanes of at least 4 members (excludes halogenated alkanes) is 36. The van der Waals surface area contributed by atoms with E-state index in [0.29, 0.717) is 19.3 Å². The molecule has 0 aromatic rings. The van der Waals surface area contributed by atoms with Crippen molar-refractivity contribution >= 4 is 17.9 Å². The lowest BCUT2D eigenvalue weighted by Crippen LogP contribution is -2.30. The summed E-state index contributed by atoms with van der Waals surface area (Å²) in [7, 11) is 0. The summed E-state index contributed by atoms with van der Waals surface area (Å²) in [5.41, 5.74) is 0. The van der Waals surface area contributed by atoms with E-state index in [1.165, 1.54) is 193 Å². The van der Waals surface area contributed by atoms with Gasteiger partial charge in [-0.05, 0) is 51.4 Å². The molecule has 0 heterocycles. The third-order valence-corrected chi connectivity index (χ3v) is 12.5. The fourth-order valence-corrected chi connectivity index (χ4v) is 8.24. The summed E-state index contributed by atoms with van der Waals surface area (Å²) in [6, 6.07) is 0. The van der Waals surface area contributed by atoms with Crippen LogP contribution in [0.25, 0.3) is 0 Å². The third-order valence-electron chi connectivity index (χ3n) is 12.5. The highest BCUT2D eigenvalue weighted by Gasteiger charge is 2.19.